The monoisotopic (exact) mass is 264 g/mol. The zero-order valence-corrected chi connectivity index (χ0v) is 11.8. The van der Waals surface area contributed by atoms with Gasteiger partial charge in [0.05, 0.1) is 0 Å². The van der Waals surface area contributed by atoms with Crippen LogP contribution < -0.4 is 5.32 Å². The van der Waals surface area contributed by atoms with E-state index >= 15 is 0 Å². The van der Waals surface area contributed by atoms with E-state index in [1.165, 1.54) is 22.2 Å². The summed E-state index contributed by atoms with van der Waals surface area (Å²) < 4.78 is 2.38. The van der Waals surface area contributed by atoms with Gasteiger partial charge in [-0.15, -0.1) is 0 Å². The maximum atomic E-state index is 3.51. The third-order valence-electron chi connectivity index (χ3n) is 3.70. The normalized spacial score (nSPS) is 11.1. The van der Waals surface area contributed by atoms with E-state index in [4.69, 9.17) is 0 Å². The highest BCUT2D eigenvalue weighted by molar-refractivity contribution is 5.81. The van der Waals surface area contributed by atoms with Gasteiger partial charge in [-0.25, -0.2) is 0 Å². The summed E-state index contributed by atoms with van der Waals surface area (Å²) in [5.74, 6) is 0. The van der Waals surface area contributed by atoms with Gasteiger partial charge in [0, 0.05) is 30.8 Å². The summed E-state index contributed by atoms with van der Waals surface area (Å²) in [5.41, 5.74) is 3.99. The van der Waals surface area contributed by atoms with E-state index in [1.807, 2.05) is 0 Å². The minimum absolute atomic E-state index is 0.930. The first-order chi connectivity index (χ1) is 9.84. The first kappa shape index (κ1) is 12.9. The van der Waals surface area contributed by atoms with Gasteiger partial charge in [0.15, 0.2) is 0 Å². The summed E-state index contributed by atoms with van der Waals surface area (Å²) >= 11 is 0. The van der Waals surface area contributed by atoms with Crippen LogP contribution in [0.15, 0.2) is 60.7 Å². The standard InChI is InChI=1S/C18H20N2/c1-15-13-17-9-5-6-10-18(17)20(15)12-11-19-14-16-7-3-2-4-8-16/h2-10,13,19H,11-12,14H2,1H3. The molecule has 0 aliphatic rings. The van der Waals surface area contributed by atoms with Gasteiger partial charge in [-0.2, -0.15) is 0 Å². The molecule has 2 nitrogen and oxygen atoms in total. The summed E-state index contributed by atoms with van der Waals surface area (Å²) in [6, 6.07) is 21.4. The predicted octanol–water partition coefficient (Wildman–Crippen LogP) is 3.74. The van der Waals surface area contributed by atoms with E-state index in [1.54, 1.807) is 0 Å². The van der Waals surface area contributed by atoms with Gasteiger partial charge in [0.1, 0.15) is 0 Å². The largest absolute Gasteiger partial charge is 0.344 e. The molecule has 0 saturated heterocycles. The Morgan fingerprint density at radius 3 is 2.55 bits per heavy atom. The van der Waals surface area contributed by atoms with Gasteiger partial charge in [0.2, 0.25) is 0 Å². The second-order valence-electron chi connectivity index (χ2n) is 5.16. The molecule has 0 atom stereocenters. The second kappa shape index (κ2) is 5.93. The van der Waals surface area contributed by atoms with Gasteiger partial charge < -0.3 is 9.88 Å². The Labute approximate surface area is 120 Å². The molecule has 1 aromatic heterocycles. The van der Waals surface area contributed by atoms with Crippen LogP contribution in [0.3, 0.4) is 0 Å². The van der Waals surface area contributed by atoms with Gasteiger partial charge in [-0.3, -0.25) is 0 Å². The Hall–Kier alpha value is -2.06. The fraction of sp³-hybridized carbons (Fsp3) is 0.222. The zero-order valence-electron chi connectivity index (χ0n) is 11.8. The first-order valence-electron chi connectivity index (χ1n) is 7.14. The molecule has 20 heavy (non-hydrogen) atoms. The Kier molecular flexibility index (Phi) is 3.84. The van der Waals surface area contributed by atoms with Gasteiger partial charge >= 0.3 is 0 Å². The quantitative estimate of drug-likeness (QED) is 0.695. The molecule has 2 aromatic carbocycles. The lowest BCUT2D eigenvalue weighted by atomic mass is 10.2. The lowest BCUT2D eigenvalue weighted by Crippen LogP contribution is -2.19. The molecule has 0 aliphatic heterocycles. The van der Waals surface area contributed by atoms with E-state index in [9.17, 15) is 0 Å². The third-order valence-corrected chi connectivity index (χ3v) is 3.70. The highest BCUT2D eigenvalue weighted by Gasteiger charge is 2.03. The maximum Gasteiger partial charge on any atom is 0.0482 e. The Morgan fingerprint density at radius 2 is 1.70 bits per heavy atom. The number of nitrogens with one attached hydrogen (secondary N) is 1. The number of aryl methyl sites for hydroxylation is 1. The second-order valence-corrected chi connectivity index (χ2v) is 5.16. The van der Waals surface area contributed by atoms with Crippen molar-refractivity contribution >= 4 is 10.9 Å². The van der Waals surface area contributed by atoms with E-state index in [2.05, 4.69) is 77.5 Å². The van der Waals surface area contributed by atoms with E-state index in [-0.39, 0.29) is 0 Å². The maximum absolute atomic E-state index is 3.51. The van der Waals surface area contributed by atoms with Crippen LogP contribution >= 0.6 is 0 Å². The van der Waals surface area contributed by atoms with Crippen LogP contribution in [0.5, 0.6) is 0 Å². The van der Waals surface area contributed by atoms with Crippen molar-refractivity contribution in [3.05, 3.63) is 71.9 Å². The SMILES string of the molecule is Cc1cc2ccccc2n1CCNCc1ccccc1. The number of benzene rings is 2. The number of aromatic nitrogens is 1. The van der Waals surface area contributed by atoms with Crippen molar-refractivity contribution in [2.45, 2.75) is 20.0 Å². The smallest absolute Gasteiger partial charge is 0.0482 e. The van der Waals surface area contributed by atoms with E-state index < -0.39 is 0 Å². The molecule has 0 amide bonds. The van der Waals surface area contributed by atoms with Crippen molar-refractivity contribution in [2.75, 3.05) is 6.54 Å². The molecule has 3 rings (SSSR count). The molecule has 1 N–H and O–H groups in total. The molecule has 102 valence electrons. The average Bonchev–Trinajstić information content (AvgIpc) is 2.80. The zero-order chi connectivity index (χ0) is 13.8. The molecule has 0 spiro atoms. The van der Waals surface area contributed by atoms with Crippen molar-refractivity contribution < 1.29 is 0 Å². The van der Waals surface area contributed by atoms with Crippen molar-refractivity contribution in [1.82, 2.24) is 9.88 Å². The van der Waals surface area contributed by atoms with Crippen LogP contribution in [0, 0.1) is 6.92 Å². The predicted molar refractivity (Wildman–Crippen MR) is 84.8 cm³/mol. The van der Waals surface area contributed by atoms with Gasteiger partial charge in [-0.1, -0.05) is 48.5 Å². The fourth-order valence-electron chi connectivity index (χ4n) is 2.66. The number of rotatable bonds is 5. The number of fused-ring (bicyclic) bond motifs is 1. The highest BCUT2D eigenvalue weighted by atomic mass is 15.0. The van der Waals surface area contributed by atoms with Crippen LogP contribution in [0.4, 0.5) is 0 Å². The highest BCUT2D eigenvalue weighted by Crippen LogP contribution is 2.18. The molecule has 3 aromatic rings. The molecular formula is C18H20N2. The fourth-order valence-corrected chi connectivity index (χ4v) is 2.66. The van der Waals surface area contributed by atoms with Crippen molar-refractivity contribution in [2.24, 2.45) is 0 Å². The molecular weight excluding hydrogens is 244 g/mol. The molecule has 1 heterocycles. The summed E-state index contributed by atoms with van der Waals surface area (Å²) in [5, 5.41) is 4.84. The van der Waals surface area contributed by atoms with Gasteiger partial charge in [0.25, 0.3) is 0 Å². The summed E-state index contributed by atoms with van der Waals surface area (Å²) in [4.78, 5) is 0. The molecule has 0 saturated carbocycles. The summed E-state index contributed by atoms with van der Waals surface area (Å²) in [6.07, 6.45) is 0. The molecule has 0 aliphatic carbocycles. The lowest BCUT2D eigenvalue weighted by molar-refractivity contribution is 0.602. The van der Waals surface area contributed by atoms with E-state index in [0.717, 1.165) is 19.6 Å². The van der Waals surface area contributed by atoms with Crippen molar-refractivity contribution in [3.63, 3.8) is 0 Å². The van der Waals surface area contributed by atoms with Crippen LogP contribution in [0.1, 0.15) is 11.3 Å². The van der Waals surface area contributed by atoms with Crippen LogP contribution in [-0.2, 0) is 13.1 Å². The Bertz CT molecular complexity index is 683. The van der Waals surface area contributed by atoms with Crippen molar-refractivity contribution in [1.29, 1.82) is 0 Å². The molecule has 0 bridgehead atoms. The molecule has 0 fully saturated rings. The summed E-state index contributed by atoms with van der Waals surface area (Å²) in [7, 11) is 0. The van der Waals surface area contributed by atoms with Crippen LogP contribution in [0.25, 0.3) is 10.9 Å². The number of nitrogens with zero attached hydrogens (tertiary/aromatic N) is 1. The van der Waals surface area contributed by atoms with Gasteiger partial charge in [-0.05, 0) is 30.0 Å². The third kappa shape index (κ3) is 2.75. The minimum atomic E-state index is 0.930. The Morgan fingerprint density at radius 1 is 0.950 bits per heavy atom. The lowest BCUT2D eigenvalue weighted by Gasteiger charge is -2.09. The number of hydrogen-bond donors (Lipinski definition) is 1. The Balaban J connectivity index is 1.61. The first-order valence-corrected chi connectivity index (χ1v) is 7.14. The summed E-state index contributed by atoms with van der Waals surface area (Å²) in [6.45, 7) is 5.09. The van der Waals surface area contributed by atoms with Crippen LogP contribution in [0.2, 0.25) is 0 Å². The van der Waals surface area contributed by atoms with Crippen molar-refractivity contribution in [3.8, 4) is 0 Å². The molecule has 2 heteroatoms. The topological polar surface area (TPSA) is 17.0 Å². The number of hydrogen-bond acceptors (Lipinski definition) is 1. The number of para-hydroxylation sites is 1. The molecule has 0 unspecified atom stereocenters. The average molecular weight is 264 g/mol. The van der Waals surface area contributed by atoms with Crippen LogP contribution in [-0.4, -0.2) is 11.1 Å². The van der Waals surface area contributed by atoms with E-state index in [0.29, 0.717) is 0 Å². The minimum Gasteiger partial charge on any atom is -0.344 e. The molecule has 0 radical (unpaired) electrons.